The van der Waals surface area contributed by atoms with Gasteiger partial charge in [-0.05, 0) is 73.9 Å². The Labute approximate surface area is 240 Å². The Balaban J connectivity index is 2.17. The molecular weight excluding hydrogens is 552 g/mol. The van der Waals surface area contributed by atoms with Crippen molar-refractivity contribution < 1.29 is 21.9 Å². The van der Waals surface area contributed by atoms with Gasteiger partial charge >= 0.3 is 0 Å². The summed E-state index contributed by atoms with van der Waals surface area (Å²) >= 11 is 0. The van der Waals surface area contributed by atoms with E-state index in [2.05, 4.69) is 6.92 Å². The summed E-state index contributed by atoms with van der Waals surface area (Å²) in [6.07, 6.45) is 13.6. The van der Waals surface area contributed by atoms with Gasteiger partial charge in [0.05, 0.1) is 15.9 Å². The van der Waals surface area contributed by atoms with Crippen LogP contribution in [-0.4, -0.2) is 21.9 Å². The molecule has 0 saturated heterocycles. The van der Waals surface area contributed by atoms with Gasteiger partial charge in [0.1, 0.15) is 4.90 Å². The fraction of sp³-hybridized carbons (Fsp3) is 0.613. The van der Waals surface area contributed by atoms with E-state index in [0.717, 1.165) is 68.9 Å². The third-order valence-electron chi connectivity index (χ3n) is 8.08. The highest BCUT2D eigenvalue weighted by molar-refractivity contribution is 8.14. The van der Waals surface area contributed by atoms with E-state index in [4.69, 9.17) is 10.7 Å². The number of unbranched alkanes of at least 4 members (excludes halogenated alkanes) is 5. The van der Waals surface area contributed by atoms with Gasteiger partial charge in [0.2, 0.25) is 9.84 Å². The summed E-state index contributed by atoms with van der Waals surface area (Å²) in [4.78, 5) is -0.772. The monoisotopic (exact) mass is 596 g/mol. The van der Waals surface area contributed by atoms with E-state index in [1.807, 2.05) is 13.0 Å². The van der Waals surface area contributed by atoms with Crippen LogP contribution in [0.4, 0.5) is 0 Å². The van der Waals surface area contributed by atoms with Gasteiger partial charge in [-0.15, -0.1) is 0 Å². The summed E-state index contributed by atoms with van der Waals surface area (Å²) in [6.45, 7) is 5.92. The van der Waals surface area contributed by atoms with Crippen LogP contribution in [0.5, 0.6) is 0 Å². The third-order valence-corrected chi connectivity index (χ3v) is 11.4. The molecule has 0 spiro atoms. The average molecular weight is 597 g/mol. The minimum atomic E-state index is -4.31. The molecular formula is C31H45ClO5S2. The van der Waals surface area contributed by atoms with Crippen LogP contribution in [0.2, 0.25) is 0 Å². The van der Waals surface area contributed by atoms with Crippen LogP contribution >= 0.6 is 10.7 Å². The zero-order valence-corrected chi connectivity index (χ0v) is 26.1. The molecule has 0 saturated carbocycles. The lowest BCUT2D eigenvalue weighted by molar-refractivity contribution is 0.159. The maximum absolute atomic E-state index is 14.2. The molecule has 2 aromatic carbocycles. The van der Waals surface area contributed by atoms with Crippen molar-refractivity contribution in [2.45, 2.75) is 137 Å². The standard InChI is InChI=1S/C31H45ClO5S2/c1-4-5-6-7-9-12-15-25-16-13-10-8-11-14-17-26(33)31-28(21-19-24(3)30(25)31)38(34,35)29-22-23(2)18-20-27(29)39(32,36)37/h18-22,25-26,33H,4-17H2,1-3H3. The highest BCUT2D eigenvalue weighted by Crippen LogP contribution is 2.43. The number of hydrogen-bond acceptors (Lipinski definition) is 5. The number of aliphatic hydroxyl groups is 1. The second-order valence-electron chi connectivity index (χ2n) is 11.2. The summed E-state index contributed by atoms with van der Waals surface area (Å²) in [6, 6.07) is 7.51. The van der Waals surface area contributed by atoms with Crippen molar-refractivity contribution in [1.29, 1.82) is 0 Å². The molecule has 218 valence electrons. The Morgan fingerprint density at radius 3 is 2.08 bits per heavy atom. The predicted octanol–water partition coefficient (Wildman–Crippen LogP) is 8.68. The van der Waals surface area contributed by atoms with Crippen molar-refractivity contribution in [3.05, 3.63) is 52.6 Å². The number of aliphatic hydroxyl groups excluding tert-OH is 1. The lowest BCUT2D eigenvalue weighted by Crippen LogP contribution is -2.17. The number of benzene rings is 2. The van der Waals surface area contributed by atoms with Crippen LogP contribution in [0.25, 0.3) is 0 Å². The van der Waals surface area contributed by atoms with Gasteiger partial charge in [0.15, 0.2) is 0 Å². The first-order valence-electron chi connectivity index (χ1n) is 14.6. The normalized spacial score (nSPS) is 19.3. The molecule has 39 heavy (non-hydrogen) atoms. The van der Waals surface area contributed by atoms with Crippen molar-refractivity contribution in [3.8, 4) is 0 Å². The highest BCUT2D eigenvalue weighted by atomic mass is 35.7. The van der Waals surface area contributed by atoms with E-state index in [0.29, 0.717) is 17.5 Å². The summed E-state index contributed by atoms with van der Waals surface area (Å²) in [5, 5.41) is 11.6. The Morgan fingerprint density at radius 1 is 0.769 bits per heavy atom. The lowest BCUT2D eigenvalue weighted by atomic mass is 9.81. The molecule has 0 heterocycles. The van der Waals surface area contributed by atoms with Crippen molar-refractivity contribution in [3.63, 3.8) is 0 Å². The number of hydrogen-bond donors (Lipinski definition) is 1. The molecule has 5 nitrogen and oxygen atoms in total. The first-order valence-corrected chi connectivity index (χ1v) is 18.4. The summed E-state index contributed by atoms with van der Waals surface area (Å²) in [5.41, 5.74) is 2.97. The molecule has 1 aliphatic carbocycles. The van der Waals surface area contributed by atoms with Gasteiger partial charge in [-0.2, -0.15) is 0 Å². The second-order valence-corrected chi connectivity index (χ2v) is 15.6. The molecule has 1 aliphatic rings. The number of rotatable bonds is 10. The van der Waals surface area contributed by atoms with Crippen molar-refractivity contribution in [1.82, 2.24) is 0 Å². The first kappa shape index (κ1) is 32.1. The topological polar surface area (TPSA) is 88.5 Å². The van der Waals surface area contributed by atoms with Gasteiger partial charge in [-0.25, -0.2) is 16.8 Å². The van der Waals surface area contributed by atoms with Gasteiger partial charge in [-0.1, -0.05) is 89.7 Å². The van der Waals surface area contributed by atoms with E-state index >= 15 is 0 Å². The molecule has 2 aromatic rings. The quantitative estimate of drug-likeness (QED) is 0.219. The first-order chi connectivity index (χ1) is 18.5. The molecule has 0 amide bonds. The molecule has 3 rings (SSSR count). The minimum Gasteiger partial charge on any atom is -0.388 e. The summed E-state index contributed by atoms with van der Waals surface area (Å²) in [5.74, 6) is 0.141. The molecule has 8 heteroatoms. The zero-order valence-electron chi connectivity index (χ0n) is 23.7. The van der Waals surface area contributed by atoms with E-state index in [-0.39, 0.29) is 15.7 Å². The second kappa shape index (κ2) is 14.5. The molecule has 0 fully saturated rings. The number of halogens is 1. The van der Waals surface area contributed by atoms with Gasteiger partial charge in [0, 0.05) is 16.2 Å². The third kappa shape index (κ3) is 8.31. The summed E-state index contributed by atoms with van der Waals surface area (Å²) < 4.78 is 53.2. The van der Waals surface area contributed by atoms with Gasteiger partial charge in [0.25, 0.3) is 9.05 Å². The largest absolute Gasteiger partial charge is 0.388 e. The Hall–Kier alpha value is -1.41. The number of fused-ring (bicyclic) bond motifs is 1. The van der Waals surface area contributed by atoms with Crippen molar-refractivity contribution in [2.24, 2.45) is 0 Å². The predicted molar refractivity (Wildman–Crippen MR) is 159 cm³/mol. The molecule has 0 aliphatic heterocycles. The fourth-order valence-corrected chi connectivity index (χ4v) is 9.42. The minimum absolute atomic E-state index is 0.00467. The molecule has 1 N–H and O–H groups in total. The zero-order chi connectivity index (χ0) is 28.6. The van der Waals surface area contributed by atoms with Crippen molar-refractivity contribution >= 4 is 29.6 Å². The summed E-state index contributed by atoms with van der Waals surface area (Å²) in [7, 11) is -2.93. The van der Waals surface area contributed by atoms with Crippen LogP contribution in [0, 0.1) is 13.8 Å². The van der Waals surface area contributed by atoms with Crippen LogP contribution in [0.15, 0.2) is 45.0 Å². The maximum Gasteiger partial charge on any atom is 0.262 e. The van der Waals surface area contributed by atoms with E-state index in [1.54, 1.807) is 13.0 Å². The maximum atomic E-state index is 14.2. The van der Waals surface area contributed by atoms with Crippen LogP contribution in [-0.2, 0) is 18.9 Å². The van der Waals surface area contributed by atoms with E-state index < -0.39 is 29.9 Å². The molecule has 0 radical (unpaired) electrons. The van der Waals surface area contributed by atoms with Crippen LogP contribution < -0.4 is 0 Å². The van der Waals surface area contributed by atoms with Crippen molar-refractivity contribution in [2.75, 3.05) is 0 Å². The molecule has 2 atom stereocenters. The molecule has 0 aromatic heterocycles. The van der Waals surface area contributed by atoms with E-state index in [1.165, 1.54) is 43.9 Å². The van der Waals surface area contributed by atoms with Crippen LogP contribution in [0.1, 0.15) is 131 Å². The average Bonchev–Trinajstić information content (AvgIpc) is 2.90. The highest BCUT2D eigenvalue weighted by Gasteiger charge is 2.34. The number of sulfone groups is 1. The Morgan fingerprint density at radius 2 is 1.38 bits per heavy atom. The lowest BCUT2D eigenvalue weighted by Gasteiger charge is -2.27. The molecule has 2 unspecified atom stereocenters. The smallest absolute Gasteiger partial charge is 0.262 e. The fourth-order valence-electron chi connectivity index (χ4n) is 6.00. The SMILES string of the molecule is CCCCCCCCC1CCCCCCCC(O)c2c(S(=O)(=O)c3cc(C)ccc3S(=O)(=O)Cl)ccc(C)c21. The van der Waals surface area contributed by atoms with Crippen LogP contribution in [0.3, 0.4) is 0 Å². The molecule has 0 bridgehead atoms. The van der Waals surface area contributed by atoms with Gasteiger partial charge < -0.3 is 5.11 Å². The van der Waals surface area contributed by atoms with E-state index in [9.17, 15) is 21.9 Å². The number of aryl methyl sites for hydroxylation is 2. The van der Waals surface area contributed by atoms with Gasteiger partial charge in [-0.3, -0.25) is 0 Å². The Kier molecular flexibility index (Phi) is 11.9. The Bertz CT molecular complexity index is 1320.